The highest BCUT2D eigenvalue weighted by molar-refractivity contribution is 6.18. The van der Waals surface area contributed by atoms with Gasteiger partial charge in [-0.15, -0.1) is 11.6 Å². The maximum Gasteiger partial charge on any atom is 0.222 e. The van der Waals surface area contributed by atoms with E-state index in [1.54, 1.807) is 0 Å². The largest absolute Gasteiger partial charge is 0.378 e. The minimum atomic E-state index is 0.266. The van der Waals surface area contributed by atoms with Crippen molar-refractivity contribution in [3.05, 3.63) is 0 Å². The van der Waals surface area contributed by atoms with Crippen molar-refractivity contribution >= 4 is 17.5 Å². The predicted octanol–water partition coefficient (Wildman–Crippen LogP) is 2.57. The molecule has 98 valence electrons. The van der Waals surface area contributed by atoms with E-state index < -0.39 is 0 Å². The molecular formula is C13H22ClNO2. The fourth-order valence-electron chi connectivity index (χ4n) is 2.79. The lowest BCUT2D eigenvalue weighted by Crippen LogP contribution is -2.44. The highest BCUT2D eigenvalue weighted by Gasteiger charge is 2.26. The van der Waals surface area contributed by atoms with Crippen LogP contribution >= 0.6 is 11.6 Å². The first kappa shape index (κ1) is 13.2. The molecule has 2 fully saturated rings. The molecule has 0 aromatic carbocycles. The SMILES string of the molecule is O=C(CCC1CCCO1)N1CCCCC1CCl. The number of alkyl halides is 1. The van der Waals surface area contributed by atoms with Crippen LogP contribution in [-0.2, 0) is 9.53 Å². The highest BCUT2D eigenvalue weighted by Crippen LogP contribution is 2.21. The van der Waals surface area contributed by atoms with Gasteiger partial charge in [0, 0.05) is 31.5 Å². The summed E-state index contributed by atoms with van der Waals surface area (Å²) in [6.45, 7) is 1.76. The third-order valence-corrected chi connectivity index (χ3v) is 4.19. The summed E-state index contributed by atoms with van der Waals surface area (Å²) >= 11 is 5.93. The van der Waals surface area contributed by atoms with Crippen molar-refractivity contribution in [2.45, 2.75) is 57.1 Å². The molecule has 2 atom stereocenters. The molecule has 1 amide bonds. The van der Waals surface area contributed by atoms with Crippen molar-refractivity contribution < 1.29 is 9.53 Å². The van der Waals surface area contributed by atoms with E-state index in [0.29, 0.717) is 18.4 Å². The average molecular weight is 260 g/mol. The molecule has 17 heavy (non-hydrogen) atoms. The standard InChI is InChI=1S/C13H22ClNO2/c14-10-11-4-1-2-8-15(11)13(16)7-6-12-5-3-9-17-12/h11-12H,1-10H2. The Bertz CT molecular complexity index is 254. The van der Waals surface area contributed by atoms with Crippen molar-refractivity contribution in [1.82, 2.24) is 4.90 Å². The second-order valence-corrected chi connectivity index (χ2v) is 5.37. The number of amides is 1. The van der Waals surface area contributed by atoms with Gasteiger partial charge < -0.3 is 9.64 Å². The van der Waals surface area contributed by atoms with Crippen LogP contribution in [-0.4, -0.2) is 42.0 Å². The number of nitrogens with zero attached hydrogens (tertiary/aromatic N) is 1. The Morgan fingerprint density at radius 1 is 1.29 bits per heavy atom. The number of ether oxygens (including phenoxy) is 1. The number of likely N-dealkylation sites (tertiary alicyclic amines) is 1. The van der Waals surface area contributed by atoms with Gasteiger partial charge in [-0.05, 0) is 38.5 Å². The Morgan fingerprint density at radius 3 is 2.88 bits per heavy atom. The van der Waals surface area contributed by atoms with E-state index in [-0.39, 0.29) is 11.9 Å². The van der Waals surface area contributed by atoms with Crippen LogP contribution in [0.25, 0.3) is 0 Å². The number of halogens is 1. The molecule has 2 aliphatic rings. The molecule has 2 unspecified atom stereocenters. The zero-order chi connectivity index (χ0) is 12.1. The second-order valence-electron chi connectivity index (χ2n) is 5.06. The van der Waals surface area contributed by atoms with Crippen LogP contribution in [0.15, 0.2) is 0 Å². The third kappa shape index (κ3) is 3.59. The van der Waals surface area contributed by atoms with E-state index in [1.165, 1.54) is 6.42 Å². The molecule has 0 aromatic heterocycles. The molecule has 0 saturated carbocycles. The maximum atomic E-state index is 12.1. The van der Waals surface area contributed by atoms with Crippen LogP contribution in [0, 0.1) is 0 Å². The van der Waals surface area contributed by atoms with Crippen molar-refractivity contribution in [3.63, 3.8) is 0 Å². The summed E-state index contributed by atoms with van der Waals surface area (Å²) in [5.41, 5.74) is 0. The van der Waals surface area contributed by atoms with Crippen LogP contribution in [0.4, 0.5) is 0 Å². The molecular weight excluding hydrogens is 238 g/mol. The van der Waals surface area contributed by atoms with Gasteiger partial charge in [0.2, 0.25) is 5.91 Å². The number of rotatable bonds is 4. The molecule has 0 aromatic rings. The summed E-state index contributed by atoms with van der Waals surface area (Å²) in [5, 5.41) is 0. The molecule has 2 heterocycles. The Labute approximate surface area is 108 Å². The molecule has 2 saturated heterocycles. The van der Waals surface area contributed by atoms with Gasteiger partial charge >= 0.3 is 0 Å². The zero-order valence-electron chi connectivity index (χ0n) is 10.4. The van der Waals surface area contributed by atoms with Gasteiger partial charge in [-0.1, -0.05) is 0 Å². The Balaban J connectivity index is 1.76. The van der Waals surface area contributed by atoms with Crippen molar-refractivity contribution in [1.29, 1.82) is 0 Å². The fourth-order valence-corrected chi connectivity index (χ4v) is 3.11. The minimum Gasteiger partial charge on any atom is -0.378 e. The summed E-state index contributed by atoms with van der Waals surface area (Å²) in [7, 11) is 0. The van der Waals surface area contributed by atoms with Gasteiger partial charge in [0.25, 0.3) is 0 Å². The summed E-state index contributed by atoms with van der Waals surface area (Å²) < 4.78 is 5.55. The Morgan fingerprint density at radius 2 is 2.18 bits per heavy atom. The number of hydrogen-bond acceptors (Lipinski definition) is 2. The topological polar surface area (TPSA) is 29.5 Å². The van der Waals surface area contributed by atoms with Crippen LogP contribution in [0.3, 0.4) is 0 Å². The van der Waals surface area contributed by atoms with Crippen LogP contribution in [0.5, 0.6) is 0 Å². The third-order valence-electron chi connectivity index (χ3n) is 3.83. The first-order valence-electron chi connectivity index (χ1n) is 6.78. The lowest BCUT2D eigenvalue weighted by atomic mass is 10.0. The van der Waals surface area contributed by atoms with Gasteiger partial charge in [0.05, 0.1) is 6.10 Å². The first-order chi connectivity index (χ1) is 8.31. The Kier molecular flexibility index (Phi) is 5.11. The van der Waals surface area contributed by atoms with E-state index >= 15 is 0 Å². The number of carbonyl (C=O) groups excluding carboxylic acids is 1. The predicted molar refractivity (Wildman–Crippen MR) is 68.3 cm³/mol. The molecule has 0 N–H and O–H groups in total. The van der Waals surface area contributed by atoms with Gasteiger partial charge in [-0.25, -0.2) is 0 Å². The monoisotopic (exact) mass is 259 g/mol. The maximum absolute atomic E-state index is 12.1. The first-order valence-corrected chi connectivity index (χ1v) is 7.31. The molecule has 2 rings (SSSR count). The second kappa shape index (κ2) is 6.60. The average Bonchev–Trinajstić information content (AvgIpc) is 2.89. The minimum absolute atomic E-state index is 0.266. The van der Waals surface area contributed by atoms with Crippen LogP contribution in [0.2, 0.25) is 0 Å². The molecule has 0 spiro atoms. The molecule has 0 radical (unpaired) electrons. The summed E-state index contributed by atoms with van der Waals surface area (Å²) in [6, 6.07) is 0.266. The lowest BCUT2D eigenvalue weighted by molar-refractivity contribution is -0.135. The molecule has 3 nitrogen and oxygen atoms in total. The van der Waals surface area contributed by atoms with E-state index in [1.807, 2.05) is 4.90 Å². The summed E-state index contributed by atoms with van der Waals surface area (Å²) in [5.74, 6) is 0.844. The summed E-state index contributed by atoms with van der Waals surface area (Å²) in [4.78, 5) is 14.1. The van der Waals surface area contributed by atoms with E-state index in [2.05, 4.69) is 0 Å². The van der Waals surface area contributed by atoms with E-state index in [9.17, 15) is 4.79 Å². The van der Waals surface area contributed by atoms with Gasteiger partial charge in [-0.2, -0.15) is 0 Å². The zero-order valence-corrected chi connectivity index (χ0v) is 11.1. The van der Waals surface area contributed by atoms with Gasteiger partial charge in [0.1, 0.15) is 0 Å². The lowest BCUT2D eigenvalue weighted by Gasteiger charge is -2.34. The van der Waals surface area contributed by atoms with Crippen molar-refractivity contribution in [3.8, 4) is 0 Å². The van der Waals surface area contributed by atoms with Crippen LogP contribution in [0.1, 0.15) is 44.9 Å². The quantitative estimate of drug-likeness (QED) is 0.727. The highest BCUT2D eigenvalue weighted by atomic mass is 35.5. The smallest absolute Gasteiger partial charge is 0.222 e. The molecule has 4 heteroatoms. The van der Waals surface area contributed by atoms with Gasteiger partial charge in [0.15, 0.2) is 0 Å². The van der Waals surface area contributed by atoms with E-state index in [0.717, 1.165) is 45.3 Å². The normalized spacial score (nSPS) is 29.6. The van der Waals surface area contributed by atoms with E-state index in [4.69, 9.17) is 16.3 Å². The van der Waals surface area contributed by atoms with Crippen LogP contribution < -0.4 is 0 Å². The fraction of sp³-hybridized carbons (Fsp3) is 0.923. The molecule has 2 aliphatic heterocycles. The molecule has 0 bridgehead atoms. The molecule has 0 aliphatic carbocycles. The van der Waals surface area contributed by atoms with Gasteiger partial charge in [-0.3, -0.25) is 4.79 Å². The van der Waals surface area contributed by atoms with Crippen molar-refractivity contribution in [2.75, 3.05) is 19.0 Å². The van der Waals surface area contributed by atoms with Crippen molar-refractivity contribution in [2.24, 2.45) is 0 Å². The number of piperidine rings is 1. The Hall–Kier alpha value is -0.280. The number of hydrogen-bond donors (Lipinski definition) is 0. The number of carbonyl (C=O) groups is 1. The summed E-state index contributed by atoms with van der Waals surface area (Å²) in [6.07, 6.45) is 7.47.